The number of carboxylic acids is 1. The van der Waals surface area contributed by atoms with E-state index in [4.69, 9.17) is 5.11 Å². The van der Waals surface area contributed by atoms with Crippen molar-refractivity contribution < 1.29 is 19.6 Å². The van der Waals surface area contributed by atoms with E-state index in [0.29, 0.717) is 12.8 Å². The third-order valence-electron chi connectivity index (χ3n) is 2.89. The van der Waals surface area contributed by atoms with E-state index >= 15 is 0 Å². The Morgan fingerprint density at radius 2 is 2.00 bits per heavy atom. The lowest BCUT2D eigenvalue weighted by Crippen LogP contribution is -2.25. The molecule has 1 aromatic rings. The molecule has 0 fully saturated rings. The Hall–Kier alpha value is -2.71. The van der Waals surface area contributed by atoms with Gasteiger partial charge in [0.05, 0.1) is 17.5 Å². The number of aromatic nitrogens is 1. The summed E-state index contributed by atoms with van der Waals surface area (Å²) in [5, 5.41) is 21.5. The average Bonchev–Trinajstić information content (AvgIpc) is 2.44. The quantitative estimate of drug-likeness (QED) is 0.388. The molecule has 2 N–H and O–H groups in total. The lowest BCUT2D eigenvalue weighted by molar-refractivity contribution is -0.385. The first kappa shape index (κ1) is 17.3. The Kier molecular flexibility index (Phi) is 6.74. The number of rotatable bonds is 9. The van der Waals surface area contributed by atoms with Crippen molar-refractivity contribution in [3.63, 3.8) is 0 Å². The van der Waals surface area contributed by atoms with E-state index < -0.39 is 10.9 Å². The van der Waals surface area contributed by atoms with Gasteiger partial charge in [0.15, 0.2) is 0 Å². The Morgan fingerprint density at radius 1 is 1.27 bits per heavy atom. The van der Waals surface area contributed by atoms with Crippen molar-refractivity contribution in [2.24, 2.45) is 0 Å². The van der Waals surface area contributed by atoms with Crippen LogP contribution in [0.2, 0.25) is 0 Å². The van der Waals surface area contributed by atoms with Crippen LogP contribution in [0.3, 0.4) is 0 Å². The number of hydrogen-bond acceptors (Lipinski definition) is 5. The van der Waals surface area contributed by atoms with Crippen LogP contribution in [0.1, 0.15) is 25.7 Å². The van der Waals surface area contributed by atoms with Crippen LogP contribution in [0.4, 0.5) is 5.69 Å². The number of unbranched alkanes of at least 4 members (excludes halogenated alkanes) is 1. The zero-order chi connectivity index (χ0) is 16.5. The fourth-order valence-electron chi connectivity index (χ4n) is 1.77. The minimum Gasteiger partial charge on any atom is -0.481 e. The highest BCUT2D eigenvalue weighted by Crippen LogP contribution is 2.07. The number of carbonyl (C=O) groups is 2. The number of aryl methyl sites for hydroxylation is 1. The molecular weight excluding hydrogens is 294 g/mol. The fourth-order valence-corrected chi connectivity index (χ4v) is 1.77. The maximum Gasteiger partial charge on any atom is 0.305 e. The van der Waals surface area contributed by atoms with Gasteiger partial charge in [-0.1, -0.05) is 0 Å². The van der Waals surface area contributed by atoms with E-state index in [0.717, 1.165) is 12.1 Å². The number of amides is 1. The van der Waals surface area contributed by atoms with Crippen molar-refractivity contribution >= 4 is 17.6 Å². The number of pyridine rings is 1. The standard InChI is InChI=1S/C13H17N3O6/c17-11(14-7-6-13(19)20)3-1-2-8-15-9-10(16(21)22)4-5-12(15)18/h4-5,9H,1-3,6-8H2,(H,14,17)(H,19,20). The molecule has 1 heterocycles. The molecule has 22 heavy (non-hydrogen) atoms. The number of nitrogens with one attached hydrogen (secondary N) is 1. The number of nitrogens with zero attached hydrogens (tertiary/aromatic N) is 2. The first-order valence-electron chi connectivity index (χ1n) is 6.73. The van der Waals surface area contributed by atoms with Gasteiger partial charge in [0.1, 0.15) is 0 Å². The van der Waals surface area contributed by atoms with Crippen LogP contribution in [-0.4, -0.2) is 33.0 Å². The highest BCUT2D eigenvalue weighted by atomic mass is 16.6. The summed E-state index contributed by atoms with van der Waals surface area (Å²) in [5.74, 6) is -1.24. The predicted molar refractivity (Wildman–Crippen MR) is 76.5 cm³/mol. The second kappa shape index (κ2) is 8.55. The summed E-state index contributed by atoms with van der Waals surface area (Å²) >= 11 is 0. The van der Waals surface area contributed by atoms with Crippen molar-refractivity contribution in [3.8, 4) is 0 Å². The van der Waals surface area contributed by atoms with Crippen LogP contribution in [0.15, 0.2) is 23.1 Å². The topological polar surface area (TPSA) is 132 Å². The van der Waals surface area contributed by atoms with Crippen molar-refractivity contribution in [2.75, 3.05) is 6.54 Å². The molecule has 1 amide bonds. The average molecular weight is 311 g/mol. The molecule has 0 spiro atoms. The summed E-state index contributed by atoms with van der Waals surface area (Å²) in [6, 6.07) is 2.28. The zero-order valence-electron chi connectivity index (χ0n) is 11.9. The third kappa shape index (κ3) is 6.16. The largest absolute Gasteiger partial charge is 0.481 e. The Morgan fingerprint density at radius 3 is 2.64 bits per heavy atom. The van der Waals surface area contributed by atoms with Crippen molar-refractivity contribution in [1.29, 1.82) is 0 Å². The maximum atomic E-state index is 11.5. The van der Waals surface area contributed by atoms with Crippen molar-refractivity contribution in [1.82, 2.24) is 9.88 Å². The summed E-state index contributed by atoms with van der Waals surface area (Å²) in [6.07, 6.45) is 2.26. The molecule has 0 aliphatic carbocycles. The Labute approximate surface area is 125 Å². The van der Waals surface area contributed by atoms with Gasteiger partial charge in [-0.15, -0.1) is 0 Å². The van der Waals surface area contributed by atoms with Crippen LogP contribution >= 0.6 is 0 Å². The summed E-state index contributed by atoms with van der Waals surface area (Å²) < 4.78 is 1.24. The molecule has 1 rings (SSSR count). The molecule has 0 aliphatic rings. The molecule has 0 bridgehead atoms. The van der Waals surface area contributed by atoms with Gasteiger partial charge in [-0.05, 0) is 12.8 Å². The van der Waals surface area contributed by atoms with Gasteiger partial charge in [0.25, 0.3) is 11.2 Å². The highest BCUT2D eigenvalue weighted by molar-refractivity contribution is 5.76. The number of carboxylic acid groups (broad SMARTS) is 1. The first-order chi connectivity index (χ1) is 10.4. The van der Waals surface area contributed by atoms with Crippen LogP contribution in [0, 0.1) is 10.1 Å². The smallest absolute Gasteiger partial charge is 0.305 e. The number of nitro groups is 1. The SMILES string of the molecule is O=C(O)CCNC(=O)CCCCn1cc([N+](=O)[O-])ccc1=O. The van der Waals surface area contributed by atoms with E-state index in [1.54, 1.807) is 0 Å². The summed E-state index contributed by atoms with van der Waals surface area (Å²) in [4.78, 5) is 43.2. The molecule has 0 aromatic carbocycles. The first-order valence-corrected chi connectivity index (χ1v) is 6.73. The Bertz CT molecular complexity index is 610. The summed E-state index contributed by atoms with van der Waals surface area (Å²) in [6.45, 7) is 0.363. The maximum absolute atomic E-state index is 11.5. The molecule has 1 aromatic heterocycles. The molecule has 0 saturated carbocycles. The molecule has 120 valence electrons. The second-order valence-corrected chi connectivity index (χ2v) is 4.63. The fraction of sp³-hybridized carbons (Fsp3) is 0.462. The zero-order valence-corrected chi connectivity index (χ0v) is 11.9. The van der Waals surface area contributed by atoms with Gasteiger partial charge in [0.2, 0.25) is 5.91 Å². The van der Waals surface area contributed by atoms with Crippen LogP contribution in [0.5, 0.6) is 0 Å². The van der Waals surface area contributed by atoms with E-state index in [-0.39, 0.29) is 43.1 Å². The summed E-state index contributed by atoms with van der Waals surface area (Å²) in [5.41, 5.74) is -0.498. The van der Waals surface area contributed by atoms with Crippen LogP contribution in [0.25, 0.3) is 0 Å². The predicted octanol–water partition coefficient (Wildman–Crippen LogP) is 0.518. The third-order valence-corrected chi connectivity index (χ3v) is 2.89. The van der Waals surface area contributed by atoms with E-state index in [2.05, 4.69) is 5.32 Å². The highest BCUT2D eigenvalue weighted by Gasteiger charge is 2.08. The second-order valence-electron chi connectivity index (χ2n) is 4.63. The van der Waals surface area contributed by atoms with E-state index in [1.807, 2.05) is 0 Å². The molecule has 9 heteroatoms. The monoisotopic (exact) mass is 311 g/mol. The van der Waals surface area contributed by atoms with Gasteiger partial charge in [-0.3, -0.25) is 24.5 Å². The molecule has 0 radical (unpaired) electrons. The van der Waals surface area contributed by atoms with Gasteiger partial charge >= 0.3 is 5.97 Å². The minimum atomic E-state index is -0.981. The summed E-state index contributed by atoms with van der Waals surface area (Å²) in [7, 11) is 0. The van der Waals surface area contributed by atoms with Crippen LogP contribution < -0.4 is 10.9 Å². The van der Waals surface area contributed by atoms with Gasteiger partial charge in [-0.2, -0.15) is 0 Å². The van der Waals surface area contributed by atoms with Gasteiger partial charge in [0, 0.05) is 31.6 Å². The molecular formula is C13H17N3O6. The normalized spacial score (nSPS) is 10.2. The van der Waals surface area contributed by atoms with Gasteiger partial charge < -0.3 is 15.0 Å². The molecule has 0 aliphatic heterocycles. The number of carbonyl (C=O) groups excluding carboxylic acids is 1. The lowest BCUT2D eigenvalue weighted by Gasteiger charge is -2.06. The van der Waals surface area contributed by atoms with Crippen molar-refractivity contribution in [2.45, 2.75) is 32.2 Å². The van der Waals surface area contributed by atoms with Gasteiger partial charge in [-0.25, -0.2) is 0 Å². The molecule has 0 unspecified atom stereocenters. The van der Waals surface area contributed by atoms with Crippen LogP contribution in [-0.2, 0) is 16.1 Å². The molecule has 9 nitrogen and oxygen atoms in total. The van der Waals surface area contributed by atoms with E-state index in [1.165, 1.54) is 10.8 Å². The number of aliphatic carboxylic acids is 1. The van der Waals surface area contributed by atoms with Crippen molar-refractivity contribution in [3.05, 3.63) is 38.8 Å². The molecule has 0 atom stereocenters. The van der Waals surface area contributed by atoms with E-state index in [9.17, 15) is 24.5 Å². The lowest BCUT2D eigenvalue weighted by atomic mass is 10.2. The minimum absolute atomic E-state index is 0.0818. The number of hydrogen-bond donors (Lipinski definition) is 2. The Balaban J connectivity index is 2.34. The molecule has 0 saturated heterocycles.